The third kappa shape index (κ3) is 2.04. The lowest BCUT2D eigenvalue weighted by Crippen LogP contribution is -2.24. The number of nitrogens with one attached hydrogen (secondary N) is 1. The smallest absolute Gasteiger partial charge is 0.0276 e. The minimum Gasteiger partial charge on any atom is -0.319 e. The molecule has 1 fully saturated rings. The van der Waals surface area contributed by atoms with Crippen molar-refractivity contribution >= 4 is 0 Å². The molecule has 1 aliphatic heterocycles. The highest BCUT2D eigenvalue weighted by Gasteiger charge is 2.26. The molecule has 64 valence electrons. The van der Waals surface area contributed by atoms with Crippen molar-refractivity contribution in [1.82, 2.24) is 10.2 Å². The van der Waals surface area contributed by atoms with Gasteiger partial charge < -0.3 is 5.32 Å². The zero-order chi connectivity index (χ0) is 8.27. The van der Waals surface area contributed by atoms with Crippen molar-refractivity contribution in [3.05, 3.63) is 12.7 Å². The van der Waals surface area contributed by atoms with Crippen LogP contribution in [0.1, 0.15) is 6.42 Å². The summed E-state index contributed by atoms with van der Waals surface area (Å²) in [6.45, 7) is 6.17. The molecular formula is C9H18N2. The van der Waals surface area contributed by atoms with Gasteiger partial charge in [0.15, 0.2) is 0 Å². The first kappa shape index (κ1) is 8.75. The Hall–Kier alpha value is -0.340. The molecule has 0 spiro atoms. The standard InChI is InChI=1S/C9H18N2/c1-4-9-5-8(6-10-2)7-11(9)3/h4,8-10H,1,5-7H2,2-3H3. The Morgan fingerprint density at radius 3 is 2.91 bits per heavy atom. The lowest BCUT2D eigenvalue weighted by Gasteiger charge is -2.13. The van der Waals surface area contributed by atoms with Gasteiger partial charge in [0.2, 0.25) is 0 Å². The van der Waals surface area contributed by atoms with E-state index in [9.17, 15) is 0 Å². The summed E-state index contributed by atoms with van der Waals surface area (Å²) >= 11 is 0. The fourth-order valence-corrected chi connectivity index (χ4v) is 1.85. The summed E-state index contributed by atoms with van der Waals surface area (Å²) in [6.07, 6.45) is 3.32. The molecule has 0 aliphatic carbocycles. The molecule has 2 nitrogen and oxygen atoms in total. The summed E-state index contributed by atoms with van der Waals surface area (Å²) in [5.41, 5.74) is 0. The van der Waals surface area contributed by atoms with Crippen LogP contribution in [0.15, 0.2) is 12.7 Å². The van der Waals surface area contributed by atoms with Crippen molar-refractivity contribution in [2.24, 2.45) is 5.92 Å². The number of rotatable bonds is 3. The molecule has 1 aliphatic rings. The lowest BCUT2D eigenvalue weighted by atomic mass is 10.1. The van der Waals surface area contributed by atoms with Crippen molar-refractivity contribution < 1.29 is 0 Å². The molecule has 1 rings (SSSR count). The second-order valence-electron chi connectivity index (χ2n) is 3.40. The number of likely N-dealkylation sites (tertiary alicyclic amines) is 1. The van der Waals surface area contributed by atoms with Crippen LogP contribution in [-0.4, -0.2) is 38.1 Å². The van der Waals surface area contributed by atoms with E-state index in [2.05, 4.69) is 29.9 Å². The van der Waals surface area contributed by atoms with Crippen LogP contribution in [0, 0.1) is 5.92 Å². The van der Waals surface area contributed by atoms with E-state index in [4.69, 9.17) is 0 Å². The Morgan fingerprint density at radius 2 is 2.45 bits per heavy atom. The zero-order valence-corrected chi connectivity index (χ0v) is 7.51. The highest BCUT2D eigenvalue weighted by molar-refractivity contribution is 4.94. The second kappa shape index (κ2) is 3.88. The number of hydrogen-bond donors (Lipinski definition) is 1. The topological polar surface area (TPSA) is 15.3 Å². The maximum Gasteiger partial charge on any atom is 0.0276 e. The number of likely N-dealkylation sites (N-methyl/N-ethyl adjacent to an activating group) is 1. The van der Waals surface area contributed by atoms with Gasteiger partial charge in [-0.15, -0.1) is 6.58 Å². The molecular weight excluding hydrogens is 136 g/mol. The van der Waals surface area contributed by atoms with Gasteiger partial charge in [-0.1, -0.05) is 6.08 Å². The molecule has 2 unspecified atom stereocenters. The van der Waals surface area contributed by atoms with Gasteiger partial charge in [-0.3, -0.25) is 4.90 Å². The molecule has 0 bridgehead atoms. The molecule has 1 saturated heterocycles. The van der Waals surface area contributed by atoms with Crippen molar-refractivity contribution in [2.75, 3.05) is 27.2 Å². The molecule has 0 aromatic heterocycles. The molecule has 1 heterocycles. The van der Waals surface area contributed by atoms with Crippen LogP contribution in [0.25, 0.3) is 0 Å². The number of nitrogens with zero attached hydrogens (tertiary/aromatic N) is 1. The van der Waals surface area contributed by atoms with Gasteiger partial charge in [-0.05, 0) is 33.0 Å². The Kier molecular flexibility index (Phi) is 3.09. The Morgan fingerprint density at radius 1 is 1.73 bits per heavy atom. The summed E-state index contributed by atoms with van der Waals surface area (Å²) in [5, 5.41) is 3.21. The van der Waals surface area contributed by atoms with Crippen LogP contribution in [-0.2, 0) is 0 Å². The Labute approximate surface area is 69.3 Å². The van der Waals surface area contributed by atoms with Gasteiger partial charge in [-0.25, -0.2) is 0 Å². The van der Waals surface area contributed by atoms with Gasteiger partial charge in [0.1, 0.15) is 0 Å². The zero-order valence-electron chi connectivity index (χ0n) is 7.51. The van der Waals surface area contributed by atoms with E-state index in [1.54, 1.807) is 0 Å². The van der Waals surface area contributed by atoms with Crippen LogP contribution in [0.3, 0.4) is 0 Å². The van der Waals surface area contributed by atoms with E-state index in [0.29, 0.717) is 6.04 Å². The number of hydrogen-bond acceptors (Lipinski definition) is 2. The fraction of sp³-hybridized carbons (Fsp3) is 0.778. The average Bonchev–Trinajstić information content (AvgIpc) is 2.32. The third-order valence-electron chi connectivity index (χ3n) is 2.45. The van der Waals surface area contributed by atoms with Crippen molar-refractivity contribution in [3.8, 4) is 0 Å². The monoisotopic (exact) mass is 154 g/mol. The molecule has 1 N–H and O–H groups in total. The van der Waals surface area contributed by atoms with E-state index in [1.807, 2.05) is 7.05 Å². The summed E-state index contributed by atoms with van der Waals surface area (Å²) in [4.78, 5) is 2.37. The molecule has 0 aromatic carbocycles. The van der Waals surface area contributed by atoms with E-state index in [1.165, 1.54) is 13.0 Å². The second-order valence-corrected chi connectivity index (χ2v) is 3.40. The van der Waals surface area contributed by atoms with E-state index in [-0.39, 0.29) is 0 Å². The minimum atomic E-state index is 0.605. The fourth-order valence-electron chi connectivity index (χ4n) is 1.85. The first-order valence-electron chi connectivity index (χ1n) is 4.25. The summed E-state index contributed by atoms with van der Waals surface area (Å²) in [5.74, 6) is 0.813. The summed E-state index contributed by atoms with van der Waals surface area (Å²) in [7, 11) is 4.18. The van der Waals surface area contributed by atoms with E-state index >= 15 is 0 Å². The Balaban J connectivity index is 2.36. The summed E-state index contributed by atoms with van der Waals surface area (Å²) in [6, 6.07) is 0.605. The maximum absolute atomic E-state index is 3.83. The van der Waals surface area contributed by atoms with Crippen molar-refractivity contribution in [2.45, 2.75) is 12.5 Å². The lowest BCUT2D eigenvalue weighted by molar-refractivity contribution is 0.348. The Bertz CT molecular complexity index is 134. The molecule has 0 amide bonds. The molecule has 0 aromatic rings. The van der Waals surface area contributed by atoms with Gasteiger partial charge in [0.05, 0.1) is 0 Å². The van der Waals surface area contributed by atoms with E-state index < -0.39 is 0 Å². The molecule has 2 atom stereocenters. The van der Waals surface area contributed by atoms with E-state index in [0.717, 1.165) is 12.5 Å². The minimum absolute atomic E-state index is 0.605. The predicted molar refractivity (Wildman–Crippen MR) is 48.6 cm³/mol. The highest BCUT2D eigenvalue weighted by atomic mass is 15.2. The first-order chi connectivity index (χ1) is 5.27. The van der Waals surface area contributed by atoms with Crippen LogP contribution in [0.2, 0.25) is 0 Å². The van der Waals surface area contributed by atoms with Gasteiger partial charge in [0, 0.05) is 12.6 Å². The molecule has 0 radical (unpaired) electrons. The van der Waals surface area contributed by atoms with Crippen LogP contribution in [0.4, 0.5) is 0 Å². The van der Waals surface area contributed by atoms with Crippen LogP contribution < -0.4 is 5.32 Å². The first-order valence-corrected chi connectivity index (χ1v) is 4.25. The van der Waals surface area contributed by atoms with Crippen LogP contribution >= 0.6 is 0 Å². The van der Waals surface area contributed by atoms with Crippen molar-refractivity contribution in [3.63, 3.8) is 0 Å². The highest BCUT2D eigenvalue weighted by Crippen LogP contribution is 2.21. The summed E-state index contributed by atoms with van der Waals surface area (Å²) < 4.78 is 0. The van der Waals surface area contributed by atoms with Crippen LogP contribution in [0.5, 0.6) is 0 Å². The average molecular weight is 154 g/mol. The molecule has 2 heteroatoms. The third-order valence-corrected chi connectivity index (χ3v) is 2.45. The maximum atomic E-state index is 3.83. The quantitative estimate of drug-likeness (QED) is 0.602. The van der Waals surface area contributed by atoms with Gasteiger partial charge >= 0.3 is 0 Å². The SMILES string of the molecule is C=CC1CC(CNC)CN1C. The molecule has 0 saturated carbocycles. The predicted octanol–water partition coefficient (Wildman–Crippen LogP) is 0.712. The molecule has 11 heavy (non-hydrogen) atoms. The van der Waals surface area contributed by atoms with Gasteiger partial charge in [-0.2, -0.15) is 0 Å². The van der Waals surface area contributed by atoms with Crippen molar-refractivity contribution in [1.29, 1.82) is 0 Å². The normalized spacial score (nSPS) is 32.5. The largest absolute Gasteiger partial charge is 0.319 e. The van der Waals surface area contributed by atoms with Gasteiger partial charge in [0.25, 0.3) is 0 Å².